The van der Waals surface area contributed by atoms with Crippen LogP contribution in [-0.4, -0.2) is 10.9 Å². The van der Waals surface area contributed by atoms with Crippen LogP contribution >= 0.6 is 11.3 Å². The van der Waals surface area contributed by atoms with Gasteiger partial charge in [-0.1, -0.05) is 12.1 Å². The minimum Gasteiger partial charge on any atom is -0.398 e. The van der Waals surface area contributed by atoms with Crippen molar-refractivity contribution < 1.29 is 4.79 Å². The highest BCUT2D eigenvalue weighted by Gasteiger charge is 2.10. The quantitative estimate of drug-likeness (QED) is 0.782. The van der Waals surface area contributed by atoms with Crippen LogP contribution in [0.15, 0.2) is 30.5 Å². The van der Waals surface area contributed by atoms with Gasteiger partial charge in [-0.05, 0) is 19.1 Å². The predicted molar refractivity (Wildman–Crippen MR) is 65.7 cm³/mol. The maximum Gasteiger partial charge on any atom is 0.259 e. The lowest BCUT2D eigenvalue weighted by atomic mass is 10.2. The van der Waals surface area contributed by atoms with Crippen molar-refractivity contribution in [3.8, 4) is 0 Å². The normalized spacial score (nSPS) is 10.1. The van der Waals surface area contributed by atoms with E-state index in [1.807, 2.05) is 6.92 Å². The number of benzene rings is 1. The number of aromatic nitrogens is 1. The number of para-hydroxylation sites is 1. The van der Waals surface area contributed by atoms with Crippen LogP contribution in [0.5, 0.6) is 0 Å². The number of hydrogen-bond donors (Lipinski definition) is 2. The van der Waals surface area contributed by atoms with Crippen LogP contribution in [0.3, 0.4) is 0 Å². The Morgan fingerprint density at radius 3 is 2.81 bits per heavy atom. The number of carbonyl (C=O) groups is 1. The summed E-state index contributed by atoms with van der Waals surface area (Å²) in [5.41, 5.74) is 6.64. The standard InChI is InChI=1S/C11H11N3OS/c1-7-6-13-11(16-7)14-10(15)8-4-2-3-5-9(8)12/h2-6H,12H2,1H3,(H,13,14,15). The summed E-state index contributed by atoms with van der Waals surface area (Å²) in [5, 5.41) is 3.30. The average Bonchev–Trinajstić information content (AvgIpc) is 2.64. The lowest BCUT2D eigenvalue weighted by molar-refractivity contribution is 0.102. The number of anilines is 2. The van der Waals surface area contributed by atoms with Gasteiger partial charge in [-0.2, -0.15) is 0 Å². The molecule has 0 aliphatic carbocycles. The van der Waals surface area contributed by atoms with Crippen molar-refractivity contribution in [2.24, 2.45) is 0 Å². The van der Waals surface area contributed by atoms with Gasteiger partial charge in [-0.15, -0.1) is 11.3 Å². The molecule has 0 saturated heterocycles. The minimum atomic E-state index is -0.229. The first-order valence-electron chi connectivity index (χ1n) is 4.75. The Balaban J connectivity index is 2.18. The Labute approximate surface area is 97.1 Å². The molecule has 2 rings (SSSR count). The number of nitrogens with two attached hydrogens (primary N) is 1. The van der Waals surface area contributed by atoms with E-state index in [0.29, 0.717) is 16.4 Å². The Hall–Kier alpha value is -1.88. The molecule has 0 aliphatic heterocycles. The van der Waals surface area contributed by atoms with Gasteiger partial charge in [-0.3, -0.25) is 10.1 Å². The van der Waals surface area contributed by atoms with Crippen LogP contribution in [0.2, 0.25) is 0 Å². The van der Waals surface area contributed by atoms with E-state index in [1.165, 1.54) is 11.3 Å². The lowest BCUT2D eigenvalue weighted by Gasteiger charge is -2.04. The van der Waals surface area contributed by atoms with Crippen molar-refractivity contribution in [3.05, 3.63) is 40.9 Å². The number of nitrogens with zero attached hydrogens (tertiary/aromatic N) is 1. The molecule has 0 radical (unpaired) electrons. The fourth-order valence-electron chi connectivity index (χ4n) is 1.28. The summed E-state index contributed by atoms with van der Waals surface area (Å²) in [5.74, 6) is -0.229. The van der Waals surface area contributed by atoms with Crippen LogP contribution < -0.4 is 11.1 Å². The number of amides is 1. The van der Waals surface area contributed by atoms with E-state index < -0.39 is 0 Å². The van der Waals surface area contributed by atoms with Crippen molar-refractivity contribution in [2.45, 2.75) is 6.92 Å². The summed E-state index contributed by atoms with van der Waals surface area (Å²) < 4.78 is 0. The number of nitrogen functional groups attached to an aromatic ring is 1. The van der Waals surface area contributed by atoms with Gasteiger partial charge in [0.05, 0.1) is 5.56 Å². The van der Waals surface area contributed by atoms with E-state index in [2.05, 4.69) is 10.3 Å². The second-order valence-corrected chi connectivity index (χ2v) is 4.55. The molecule has 5 heteroatoms. The molecular weight excluding hydrogens is 222 g/mol. The molecule has 1 amide bonds. The average molecular weight is 233 g/mol. The summed E-state index contributed by atoms with van der Waals surface area (Å²) in [6.07, 6.45) is 1.72. The molecule has 3 N–H and O–H groups in total. The fourth-order valence-corrected chi connectivity index (χ4v) is 1.94. The van der Waals surface area contributed by atoms with Crippen molar-refractivity contribution >= 4 is 28.1 Å². The molecule has 0 spiro atoms. The summed E-state index contributed by atoms with van der Waals surface area (Å²) in [6, 6.07) is 6.95. The van der Waals surface area contributed by atoms with E-state index in [9.17, 15) is 4.79 Å². The minimum absolute atomic E-state index is 0.229. The molecule has 0 bridgehead atoms. The van der Waals surface area contributed by atoms with Gasteiger partial charge < -0.3 is 5.73 Å². The second kappa shape index (κ2) is 4.32. The largest absolute Gasteiger partial charge is 0.398 e. The van der Waals surface area contributed by atoms with Crippen LogP contribution in [0, 0.1) is 6.92 Å². The monoisotopic (exact) mass is 233 g/mol. The van der Waals surface area contributed by atoms with Crippen LogP contribution in [-0.2, 0) is 0 Å². The lowest BCUT2D eigenvalue weighted by Crippen LogP contribution is -2.13. The summed E-state index contributed by atoms with van der Waals surface area (Å²) in [6.45, 7) is 1.93. The van der Waals surface area contributed by atoms with Crippen LogP contribution in [0.25, 0.3) is 0 Å². The molecular formula is C11H11N3OS. The van der Waals surface area contributed by atoms with Crippen molar-refractivity contribution in [3.63, 3.8) is 0 Å². The number of aryl methyl sites for hydroxylation is 1. The Morgan fingerprint density at radius 1 is 1.44 bits per heavy atom. The van der Waals surface area contributed by atoms with E-state index >= 15 is 0 Å². The van der Waals surface area contributed by atoms with E-state index in [0.717, 1.165) is 4.88 Å². The van der Waals surface area contributed by atoms with Gasteiger partial charge in [0.2, 0.25) is 0 Å². The van der Waals surface area contributed by atoms with Gasteiger partial charge in [0.15, 0.2) is 5.13 Å². The molecule has 1 heterocycles. The number of rotatable bonds is 2. The number of thiazole rings is 1. The highest BCUT2D eigenvalue weighted by atomic mass is 32.1. The van der Waals surface area contributed by atoms with Gasteiger partial charge >= 0.3 is 0 Å². The van der Waals surface area contributed by atoms with Gasteiger partial charge in [0, 0.05) is 16.8 Å². The van der Waals surface area contributed by atoms with Crippen molar-refractivity contribution in [1.29, 1.82) is 0 Å². The maximum atomic E-state index is 11.8. The predicted octanol–water partition coefficient (Wildman–Crippen LogP) is 2.29. The molecule has 0 fully saturated rings. The molecule has 0 saturated carbocycles. The Bertz CT molecular complexity index is 521. The third-order valence-electron chi connectivity index (χ3n) is 2.05. The number of nitrogens with one attached hydrogen (secondary N) is 1. The van der Waals surface area contributed by atoms with Gasteiger partial charge in [0.1, 0.15) is 0 Å². The zero-order valence-corrected chi connectivity index (χ0v) is 9.54. The summed E-state index contributed by atoms with van der Waals surface area (Å²) in [7, 11) is 0. The molecule has 16 heavy (non-hydrogen) atoms. The molecule has 0 unspecified atom stereocenters. The zero-order chi connectivity index (χ0) is 11.5. The molecule has 2 aromatic rings. The summed E-state index contributed by atoms with van der Waals surface area (Å²) in [4.78, 5) is 16.9. The summed E-state index contributed by atoms with van der Waals surface area (Å²) >= 11 is 1.43. The van der Waals surface area contributed by atoms with E-state index in [-0.39, 0.29) is 5.91 Å². The Morgan fingerprint density at radius 2 is 2.19 bits per heavy atom. The Kier molecular flexibility index (Phi) is 2.87. The molecule has 1 aromatic heterocycles. The van der Waals surface area contributed by atoms with Crippen LogP contribution in [0.4, 0.5) is 10.8 Å². The zero-order valence-electron chi connectivity index (χ0n) is 8.73. The van der Waals surface area contributed by atoms with E-state index in [1.54, 1.807) is 30.5 Å². The van der Waals surface area contributed by atoms with Crippen LogP contribution in [0.1, 0.15) is 15.2 Å². The molecule has 0 atom stereocenters. The smallest absolute Gasteiger partial charge is 0.259 e. The maximum absolute atomic E-state index is 11.8. The second-order valence-electron chi connectivity index (χ2n) is 3.32. The molecule has 4 nitrogen and oxygen atoms in total. The third-order valence-corrected chi connectivity index (χ3v) is 2.88. The third kappa shape index (κ3) is 2.20. The highest BCUT2D eigenvalue weighted by Crippen LogP contribution is 2.18. The first-order chi connectivity index (χ1) is 7.66. The molecule has 82 valence electrons. The van der Waals surface area contributed by atoms with Gasteiger partial charge in [0.25, 0.3) is 5.91 Å². The SMILES string of the molecule is Cc1cnc(NC(=O)c2ccccc2N)s1. The van der Waals surface area contributed by atoms with E-state index in [4.69, 9.17) is 5.73 Å². The van der Waals surface area contributed by atoms with Crippen molar-refractivity contribution in [1.82, 2.24) is 4.98 Å². The highest BCUT2D eigenvalue weighted by molar-refractivity contribution is 7.15. The first kappa shape index (κ1) is 10.6. The first-order valence-corrected chi connectivity index (χ1v) is 5.57. The molecule has 0 aliphatic rings. The van der Waals surface area contributed by atoms with Crippen molar-refractivity contribution in [2.75, 3.05) is 11.1 Å². The van der Waals surface area contributed by atoms with Gasteiger partial charge in [-0.25, -0.2) is 4.98 Å². The number of carbonyl (C=O) groups excluding carboxylic acids is 1. The fraction of sp³-hybridized carbons (Fsp3) is 0.0909. The topological polar surface area (TPSA) is 68.0 Å². The number of hydrogen-bond acceptors (Lipinski definition) is 4. The molecule has 1 aromatic carbocycles.